The predicted molar refractivity (Wildman–Crippen MR) is 82.6 cm³/mol. The highest BCUT2D eigenvalue weighted by atomic mass is 32.1. The lowest BCUT2D eigenvalue weighted by Gasteiger charge is -2.04. The number of nitrogen functional groups attached to an aromatic ring is 1. The van der Waals surface area contributed by atoms with Gasteiger partial charge in [0, 0.05) is 17.3 Å². The fourth-order valence-electron chi connectivity index (χ4n) is 2.01. The first kappa shape index (κ1) is 12.7. The zero-order valence-corrected chi connectivity index (χ0v) is 12.0. The quantitative estimate of drug-likeness (QED) is 0.748. The Bertz CT molecular complexity index is 768. The first-order valence-corrected chi connectivity index (χ1v) is 6.91. The number of nitrogens with two attached hydrogens (primary N) is 1. The maximum Gasteiger partial charge on any atom is 0.126 e. The number of nitrogens with zero attached hydrogens (tertiary/aromatic N) is 1. The molecule has 3 aromatic rings. The van der Waals surface area contributed by atoms with Crippen molar-refractivity contribution < 1.29 is 9.47 Å². The standard InChI is InChI=1S/C15H14N2O2S/c1-18-9-3-5-11(12(16)7-9)15-17-13-6-4-10(19-2)8-14(13)20-15/h3-8H,16H2,1-2H3. The molecule has 3 rings (SSSR count). The molecule has 20 heavy (non-hydrogen) atoms. The third kappa shape index (κ3) is 2.16. The van der Waals surface area contributed by atoms with Gasteiger partial charge in [-0.15, -0.1) is 11.3 Å². The molecule has 0 spiro atoms. The van der Waals surface area contributed by atoms with Gasteiger partial charge in [-0.1, -0.05) is 0 Å². The van der Waals surface area contributed by atoms with Gasteiger partial charge < -0.3 is 15.2 Å². The minimum Gasteiger partial charge on any atom is -0.497 e. The summed E-state index contributed by atoms with van der Waals surface area (Å²) in [4.78, 5) is 4.62. The van der Waals surface area contributed by atoms with Gasteiger partial charge in [-0.2, -0.15) is 0 Å². The first-order chi connectivity index (χ1) is 9.71. The number of anilines is 1. The summed E-state index contributed by atoms with van der Waals surface area (Å²) < 4.78 is 11.5. The normalized spacial score (nSPS) is 10.7. The van der Waals surface area contributed by atoms with Crippen molar-refractivity contribution in [3.05, 3.63) is 36.4 Å². The van der Waals surface area contributed by atoms with Crippen LogP contribution in [0.3, 0.4) is 0 Å². The van der Waals surface area contributed by atoms with E-state index in [2.05, 4.69) is 4.98 Å². The Hall–Kier alpha value is -2.27. The zero-order valence-electron chi connectivity index (χ0n) is 11.2. The van der Waals surface area contributed by atoms with Crippen LogP contribution in [-0.2, 0) is 0 Å². The van der Waals surface area contributed by atoms with E-state index in [1.54, 1.807) is 25.6 Å². The lowest BCUT2D eigenvalue weighted by molar-refractivity contribution is 0.415. The maximum atomic E-state index is 6.07. The van der Waals surface area contributed by atoms with E-state index < -0.39 is 0 Å². The second kappa shape index (κ2) is 5.02. The molecule has 2 N–H and O–H groups in total. The Morgan fingerprint density at radius 1 is 1.00 bits per heavy atom. The first-order valence-electron chi connectivity index (χ1n) is 6.09. The molecule has 4 nitrogen and oxygen atoms in total. The number of rotatable bonds is 3. The van der Waals surface area contributed by atoms with Crippen molar-refractivity contribution in [3.8, 4) is 22.1 Å². The molecule has 0 saturated carbocycles. The molecule has 1 heterocycles. The van der Waals surface area contributed by atoms with Crippen molar-refractivity contribution in [3.63, 3.8) is 0 Å². The number of methoxy groups -OCH3 is 2. The Kier molecular flexibility index (Phi) is 3.20. The molecule has 0 aliphatic carbocycles. The SMILES string of the molecule is COc1ccc(-c2nc3ccc(OC)cc3s2)c(N)c1. The molecule has 0 amide bonds. The van der Waals surface area contributed by atoms with Gasteiger partial charge in [0.1, 0.15) is 16.5 Å². The molecule has 0 aliphatic heterocycles. The van der Waals surface area contributed by atoms with Gasteiger partial charge in [0.15, 0.2) is 0 Å². The fraction of sp³-hybridized carbons (Fsp3) is 0.133. The summed E-state index contributed by atoms with van der Waals surface area (Å²) >= 11 is 1.60. The number of hydrogen-bond donors (Lipinski definition) is 1. The molecule has 0 unspecified atom stereocenters. The van der Waals surface area contributed by atoms with E-state index in [0.29, 0.717) is 5.69 Å². The molecule has 0 radical (unpaired) electrons. The maximum absolute atomic E-state index is 6.07. The zero-order chi connectivity index (χ0) is 14.1. The number of fused-ring (bicyclic) bond motifs is 1. The van der Waals surface area contributed by atoms with Crippen LogP contribution in [0.5, 0.6) is 11.5 Å². The van der Waals surface area contributed by atoms with Crippen molar-refractivity contribution in [2.24, 2.45) is 0 Å². The van der Waals surface area contributed by atoms with Gasteiger partial charge in [-0.3, -0.25) is 0 Å². The van der Waals surface area contributed by atoms with Crippen LogP contribution in [0.2, 0.25) is 0 Å². The molecule has 102 valence electrons. The van der Waals surface area contributed by atoms with E-state index in [9.17, 15) is 0 Å². The number of benzene rings is 2. The molecule has 5 heteroatoms. The second-order valence-electron chi connectivity index (χ2n) is 4.31. The van der Waals surface area contributed by atoms with Crippen LogP contribution in [0.25, 0.3) is 20.8 Å². The highest BCUT2D eigenvalue weighted by molar-refractivity contribution is 7.21. The van der Waals surface area contributed by atoms with Crippen molar-refractivity contribution >= 4 is 27.2 Å². The monoisotopic (exact) mass is 286 g/mol. The van der Waals surface area contributed by atoms with Crippen LogP contribution in [0, 0.1) is 0 Å². The van der Waals surface area contributed by atoms with E-state index in [1.165, 1.54) is 0 Å². The second-order valence-corrected chi connectivity index (χ2v) is 5.34. The Morgan fingerprint density at radius 3 is 2.40 bits per heavy atom. The Morgan fingerprint density at radius 2 is 1.70 bits per heavy atom. The molecule has 0 fully saturated rings. The fourth-order valence-corrected chi connectivity index (χ4v) is 3.05. The Labute approximate surface area is 120 Å². The van der Waals surface area contributed by atoms with E-state index in [-0.39, 0.29) is 0 Å². The summed E-state index contributed by atoms with van der Waals surface area (Å²) in [5, 5.41) is 0.897. The molecule has 2 aromatic carbocycles. The van der Waals surface area contributed by atoms with E-state index in [0.717, 1.165) is 32.3 Å². The third-order valence-corrected chi connectivity index (χ3v) is 4.14. The topological polar surface area (TPSA) is 57.4 Å². The van der Waals surface area contributed by atoms with E-state index in [4.69, 9.17) is 15.2 Å². The smallest absolute Gasteiger partial charge is 0.126 e. The highest BCUT2D eigenvalue weighted by Crippen LogP contribution is 2.36. The number of ether oxygens (including phenoxy) is 2. The third-order valence-electron chi connectivity index (χ3n) is 3.08. The highest BCUT2D eigenvalue weighted by Gasteiger charge is 2.10. The van der Waals surface area contributed by atoms with Crippen LogP contribution in [0.1, 0.15) is 0 Å². The van der Waals surface area contributed by atoms with Crippen LogP contribution in [-0.4, -0.2) is 19.2 Å². The van der Waals surface area contributed by atoms with Gasteiger partial charge in [-0.05, 0) is 30.3 Å². The Balaban J connectivity index is 2.10. The average Bonchev–Trinajstić information content (AvgIpc) is 2.89. The van der Waals surface area contributed by atoms with Gasteiger partial charge in [-0.25, -0.2) is 4.98 Å². The van der Waals surface area contributed by atoms with E-state index >= 15 is 0 Å². The number of hydrogen-bond acceptors (Lipinski definition) is 5. The van der Waals surface area contributed by atoms with Crippen molar-refractivity contribution in [2.75, 3.05) is 20.0 Å². The van der Waals surface area contributed by atoms with Crippen molar-refractivity contribution in [2.45, 2.75) is 0 Å². The lowest BCUT2D eigenvalue weighted by atomic mass is 10.2. The molecule has 0 atom stereocenters. The number of aromatic nitrogens is 1. The lowest BCUT2D eigenvalue weighted by Crippen LogP contribution is -1.91. The van der Waals surface area contributed by atoms with Gasteiger partial charge >= 0.3 is 0 Å². The molecule has 0 bridgehead atoms. The van der Waals surface area contributed by atoms with Gasteiger partial charge in [0.05, 0.1) is 24.4 Å². The van der Waals surface area contributed by atoms with Crippen LogP contribution in [0.4, 0.5) is 5.69 Å². The molecular formula is C15H14N2O2S. The minimum absolute atomic E-state index is 0.662. The summed E-state index contributed by atoms with van der Waals surface area (Å²) in [6.07, 6.45) is 0. The summed E-state index contributed by atoms with van der Waals surface area (Å²) in [6, 6.07) is 11.5. The summed E-state index contributed by atoms with van der Waals surface area (Å²) in [5.41, 5.74) is 8.60. The largest absolute Gasteiger partial charge is 0.497 e. The summed E-state index contributed by atoms with van der Waals surface area (Å²) in [5.74, 6) is 1.57. The van der Waals surface area contributed by atoms with Crippen LogP contribution in [0.15, 0.2) is 36.4 Å². The molecule has 1 aromatic heterocycles. The number of thiazole rings is 1. The van der Waals surface area contributed by atoms with Gasteiger partial charge in [0.2, 0.25) is 0 Å². The van der Waals surface area contributed by atoms with Crippen LogP contribution >= 0.6 is 11.3 Å². The molecule has 0 aliphatic rings. The predicted octanol–water partition coefficient (Wildman–Crippen LogP) is 3.56. The van der Waals surface area contributed by atoms with E-state index in [1.807, 2.05) is 36.4 Å². The van der Waals surface area contributed by atoms with Crippen molar-refractivity contribution in [1.29, 1.82) is 0 Å². The molecular weight excluding hydrogens is 272 g/mol. The molecule has 0 saturated heterocycles. The van der Waals surface area contributed by atoms with Crippen LogP contribution < -0.4 is 15.2 Å². The summed E-state index contributed by atoms with van der Waals surface area (Å²) in [7, 11) is 3.28. The van der Waals surface area contributed by atoms with Gasteiger partial charge in [0.25, 0.3) is 0 Å². The average molecular weight is 286 g/mol. The van der Waals surface area contributed by atoms with Crippen molar-refractivity contribution in [1.82, 2.24) is 4.98 Å². The summed E-state index contributed by atoms with van der Waals surface area (Å²) in [6.45, 7) is 0. The minimum atomic E-state index is 0.662.